The lowest BCUT2D eigenvalue weighted by atomic mass is 9.95. The molecule has 0 spiro atoms. The number of methoxy groups -OCH3 is 1. The van der Waals surface area contributed by atoms with Crippen molar-refractivity contribution in [3.05, 3.63) is 39.8 Å². The predicted octanol–water partition coefficient (Wildman–Crippen LogP) is 2.28. The highest BCUT2D eigenvalue weighted by Crippen LogP contribution is 2.27. The number of esters is 1. The molecule has 1 unspecified atom stereocenters. The van der Waals surface area contributed by atoms with Crippen molar-refractivity contribution in [1.82, 2.24) is 15.1 Å². The minimum atomic E-state index is -0.405. The first-order valence-corrected chi connectivity index (χ1v) is 7.97. The number of aromatic amines is 1. The predicted molar refractivity (Wildman–Crippen MR) is 82.1 cm³/mol. The Kier molecular flexibility index (Phi) is 4.24. The van der Waals surface area contributed by atoms with E-state index in [4.69, 9.17) is 0 Å². The van der Waals surface area contributed by atoms with E-state index in [0.29, 0.717) is 22.2 Å². The molecule has 7 heteroatoms. The number of rotatable bonds is 3. The van der Waals surface area contributed by atoms with Crippen molar-refractivity contribution in [3.63, 3.8) is 0 Å². The van der Waals surface area contributed by atoms with Crippen LogP contribution in [0.2, 0.25) is 0 Å². The molecule has 1 atom stereocenters. The van der Waals surface area contributed by atoms with Crippen LogP contribution in [0.1, 0.15) is 43.8 Å². The molecule has 2 aromatic rings. The highest BCUT2D eigenvalue weighted by molar-refractivity contribution is 7.15. The number of aromatic nitrogens is 2. The summed E-state index contributed by atoms with van der Waals surface area (Å²) in [7, 11) is 1.34. The van der Waals surface area contributed by atoms with Gasteiger partial charge in [-0.1, -0.05) is 0 Å². The SMILES string of the molecule is COC(=O)c1ccc(C(=O)N2CCCC(c3ccn[nH]3)C2)s1. The van der Waals surface area contributed by atoms with Crippen LogP contribution in [0.4, 0.5) is 0 Å². The lowest BCUT2D eigenvalue weighted by Crippen LogP contribution is -2.38. The van der Waals surface area contributed by atoms with E-state index >= 15 is 0 Å². The summed E-state index contributed by atoms with van der Waals surface area (Å²) in [5.41, 5.74) is 1.07. The van der Waals surface area contributed by atoms with Crippen molar-refractivity contribution in [2.45, 2.75) is 18.8 Å². The molecule has 3 rings (SSSR count). The van der Waals surface area contributed by atoms with Gasteiger partial charge in [0.2, 0.25) is 0 Å². The molecule has 1 N–H and O–H groups in total. The van der Waals surface area contributed by atoms with Crippen molar-refractivity contribution < 1.29 is 14.3 Å². The van der Waals surface area contributed by atoms with Crippen LogP contribution in [-0.2, 0) is 4.74 Å². The van der Waals surface area contributed by atoms with E-state index in [1.807, 2.05) is 11.0 Å². The number of likely N-dealkylation sites (tertiary alicyclic amines) is 1. The zero-order chi connectivity index (χ0) is 15.5. The maximum absolute atomic E-state index is 12.6. The maximum atomic E-state index is 12.6. The van der Waals surface area contributed by atoms with Gasteiger partial charge in [0.1, 0.15) is 4.88 Å². The molecule has 1 amide bonds. The van der Waals surface area contributed by atoms with Gasteiger partial charge in [-0.05, 0) is 31.0 Å². The lowest BCUT2D eigenvalue weighted by Gasteiger charge is -2.31. The first-order valence-electron chi connectivity index (χ1n) is 7.15. The van der Waals surface area contributed by atoms with Gasteiger partial charge in [0.25, 0.3) is 5.91 Å². The van der Waals surface area contributed by atoms with Crippen LogP contribution in [-0.4, -0.2) is 47.2 Å². The van der Waals surface area contributed by atoms with Crippen LogP contribution in [0.15, 0.2) is 24.4 Å². The first-order chi connectivity index (χ1) is 10.7. The Morgan fingerprint density at radius 3 is 2.91 bits per heavy atom. The van der Waals surface area contributed by atoms with E-state index in [0.717, 1.165) is 25.1 Å². The summed E-state index contributed by atoms with van der Waals surface area (Å²) in [6.45, 7) is 1.42. The number of ether oxygens (including phenoxy) is 1. The summed E-state index contributed by atoms with van der Waals surface area (Å²) < 4.78 is 4.68. The van der Waals surface area contributed by atoms with Crippen molar-refractivity contribution in [1.29, 1.82) is 0 Å². The smallest absolute Gasteiger partial charge is 0.348 e. The second kappa shape index (κ2) is 6.31. The maximum Gasteiger partial charge on any atom is 0.348 e. The average Bonchev–Trinajstić information content (AvgIpc) is 3.25. The van der Waals surface area contributed by atoms with Crippen LogP contribution in [0.3, 0.4) is 0 Å². The van der Waals surface area contributed by atoms with Crippen molar-refractivity contribution in [2.24, 2.45) is 0 Å². The fourth-order valence-corrected chi connectivity index (χ4v) is 3.62. The van der Waals surface area contributed by atoms with Crippen LogP contribution in [0, 0.1) is 0 Å². The van der Waals surface area contributed by atoms with Crippen molar-refractivity contribution in [2.75, 3.05) is 20.2 Å². The number of thiophene rings is 1. The summed E-state index contributed by atoms with van der Waals surface area (Å²) in [5.74, 6) is -0.136. The van der Waals surface area contributed by atoms with Gasteiger partial charge in [-0.25, -0.2) is 4.79 Å². The van der Waals surface area contributed by atoms with Gasteiger partial charge in [-0.2, -0.15) is 5.10 Å². The lowest BCUT2D eigenvalue weighted by molar-refractivity contribution is 0.0606. The fraction of sp³-hybridized carbons (Fsp3) is 0.400. The van der Waals surface area contributed by atoms with E-state index < -0.39 is 5.97 Å². The van der Waals surface area contributed by atoms with Crippen LogP contribution < -0.4 is 0 Å². The Morgan fingerprint density at radius 2 is 2.18 bits per heavy atom. The molecular formula is C15H17N3O3S. The third-order valence-corrected chi connectivity index (χ3v) is 4.93. The van der Waals surface area contributed by atoms with Crippen molar-refractivity contribution >= 4 is 23.2 Å². The Bertz CT molecular complexity index is 665. The number of nitrogens with zero attached hydrogens (tertiary/aromatic N) is 2. The Hall–Kier alpha value is -2.15. The van der Waals surface area contributed by atoms with E-state index in [9.17, 15) is 9.59 Å². The molecule has 6 nitrogen and oxygen atoms in total. The van der Waals surface area contributed by atoms with E-state index in [1.165, 1.54) is 18.4 Å². The van der Waals surface area contributed by atoms with Crippen LogP contribution >= 0.6 is 11.3 Å². The Morgan fingerprint density at radius 1 is 1.36 bits per heavy atom. The molecule has 116 valence electrons. The second-order valence-corrected chi connectivity index (χ2v) is 6.34. The average molecular weight is 319 g/mol. The van der Waals surface area contributed by atoms with Gasteiger partial charge >= 0.3 is 5.97 Å². The summed E-state index contributed by atoms with van der Waals surface area (Å²) in [6.07, 6.45) is 3.74. The molecule has 0 aromatic carbocycles. The third kappa shape index (κ3) is 2.89. The number of piperidine rings is 1. The normalized spacial score (nSPS) is 18.2. The molecule has 0 aliphatic carbocycles. The zero-order valence-electron chi connectivity index (χ0n) is 12.2. The van der Waals surface area contributed by atoms with Crippen LogP contribution in [0.25, 0.3) is 0 Å². The molecule has 3 heterocycles. The molecule has 0 radical (unpaired) electrons. The van der Waals surface area contributed by atoms with Crippen LogP contribution in [0.5, 0.6) is 0 Å². The number of carbonyl (C=O) groups excluding carboxylic acids is 2. The number of amides is 1. The minimum Gasteiger partial charge on any atom is -0.465 e. The molecule has 0 saturated carbocycles. The minimum absolute atomic E-state index is 0.0237. The highest BCUT2D eigenvalue weighted by Gasteiger charge is 2.27. The molecule has 1 aliphatic heterocycles. The summed E-state index contributed by atoms with van der Waals surface area (Å²) >= 11 is 1.18. The summed E-state index contributed by atoms with van der Waals surface area (Å²) in [4.78, 5) is 27.0. The zero-order valence-corrected chi connectivity index (χ0v) is 13.1. The standard InChI is InChI=1S/C15H17N3O3S/c1-21-15(20)13-5-4-12(22-13)14(19)18-8-2-3-10(9-18)11-6-7-16-17-11/h4-7,10H,2-3,8-9H2,1H3,(H,16,17). The number of hydrogen-bond donors (Lipinski definition) is 1. The topological polar surface area (TPSA) is 75.3 Å². The second-order valence-electron chi connectivity index (χ2n) is 5.26. The Labute approximate surface area is 132 Å². The monoisotopic (exact) mass is 319 g/mol. The molecule has 0 bridgehead atoms. The number of H-pyrrole nitrogens is 1. The third-order valence-electron chi connectivity index (χ3n) is 3.87. The van der Waals surface area contributed by atoms with Gasteiger partial charge in [-0.3, -0.25) is 9.89 Å². The summed E-state index contributed by atoms with van der Waals surface area (Å²) in [5, 5.41) is 6.97. The van der Waals surface area contributed by atoms with Gasteiger partial charge in [0.05, 0.1) is 12.0 Å². The van der Waals surface area contributed by atoms with Gasteiger partial charge in [0, 0.05) is 30.9 Å². The van der Waals surface area contributed by atoms with E-state index in [2.05, 4.69) is 14.9 Å². The molecule has 1 fully saturated rings. The summed E-state index contributed by atoms with van der Waals surface area (Å²) in [6, 6.07) is 5.29. The fourth-order valence-electron chi connectivity index (χ4n) is 2.73. The first kappa shape index (κ1) is 14.8. The molecule has 1 saturated heterocycles. The van der Waals surface area contributed by atoms with Gasteiger partial charge in [-0.15, -0.1) is 11.3 Å². The Balaban J connectivity index is 1.71. The largest absolute Gasteiger partial charge is 0.465 e. The van der Waals surface area contributed by atoms with Gasteiger partial charge < -0.3 is 9.64 Å². The molecule has 22 heavy (non-hydrogen) atoms. The molecular weight excluding hydrogens is 302 g/mol. The molecule has 2 aromatic heterocycles. The quantitative estimate of drug-likeness (QED) is 0.881. The highest BCUT2D eigenvalue weighted by atomic mass is 32.1. The number of nitrogens with one attached hydrogen (secondary N) is 1. The van der Waals surface area contributed by atoms with E-state index in [-0.39, 0.29) is 5.91 Å². The molecule has 1 aliphatic rings. The number of hydrogen-bond acceptors (Lipinski definition) is 5. The van der Waals surface area contributed by atoms with Crippen molar-refractivity contribution in [3.8, 4) is 0 Å². The van der Waals surface area contributed by atoms with E-state index in [1.54, 1.807) is 18.3 Å². The number of carbonyl (C=O) groups is 2. The van der Waals surface area contributed by atoms with Gasteiger partial charge in [0.15, 0.2) is 0 Å².